The Bertz CT molecular complexity index is 355. The van der Waals surface area contributed by atoms with Crippen molar-refractivity contribution in [1.82, 2.24) is 15.3 Å². The number of hydrogen-bond acceptors (Lipinski definition) is 3. The predicted octanol–water partition coefficient (Wildman–Crippen LogP) is 1.08. The van der Waals surface area contributed by atoms with Crippen molar-refractivity contribution in [3.8, 4) is 0 Å². The summed E-state index contributed by atoms with van der Waals surface area (Å²) >= 11 is 0. The van der Waals surface area contributed by atoms with Gasteiger partial charge in [-0.3, -0.25) is 4.79 Å². The summed E-state index contributed by atoms with van der Waals surface area (Å²) in [6, 6.07) is 0. The largest absolute Gasteiger partial charge is 0.349 e. The van der Waals surface area contributed by atoms with Crippen LogP contribution in [0.15, 0.2) is 12.4 Å². The second-order valence-corrected chi connectivity index (χ2v) is 4.91. The molecule has 0 aromatic carbocycles. The number of carbonyl (C=O) groups excluding carboxylic acids is 1. The summed E-state index contributed by atoms with van der Waals surface area (Å²) in [5.74, 6) is 0.791. The third kappa shape index (κ3) is 3.56. The molecule has 94 valence electrons. The maximum atomic E-state index is 11.8. The molecule has 1 heterocycles. The number of hydrogen-bond donors (Lipinski definition) is 3. The van der Waals surface area contributed by atoms with Gasteiger partial charge in [0, 0.05) is 24.4 Å². The molecule has 0 spiro atoms. The highest BCUT2D eigenvalue weighted by molar-refractivity contribution is 5.77. The predicted molar refractivity (Wildman–Crippen MR) is 65.1 cm³/mol. The molecule has 2 rings (SSSR count). The maximum Gasteiger partial charge on any atom is 0.222 e. The standard InChI is InChI=1S/C12H20N4O/c13-12(4-2-1-3-5-12)8-11(17)16-9-10-14-6-7-15-10/h6-7H,1-5,8-9,13H2,(H,14,15)(H,16,17). The molecule has 0 unspecified atom stereocenters. The summed E-state index contributed by atoms with van der Waals surface area (Å²) in [7, 11) is 0. The van der Waals surface area contributed by atoms with Crippen molar-refractivity contribution in [2.75, 3.05) is 0 Å². The number of carbonyl (C=O) groups is 1. The molecule has 0 bridgehead atoms. The fourth-order valence-corrected chi connectivity index (χ4v) is 2.39. The molecular weight excluding hydrogens is 216 g/mol. The van der Waals surface area contributed by atoms with Crippen LogP contribution in [0.2, 0.25) is 0 Å². The molecule has 4 N–H and O–H groups in total. The van der Waals surface area contributed by atoms with E-state index < -0.39 is 0 Å². The van der Waals surface area contributed by atoms with Crippen LogP contribution in [0, 0.1) is 0 Å². The van der Waals surface area contributed by atoms with Crippen molar-refractivity contribution < 1.29 is 4.79 Å². The Morgan fingerprint density at radius 2 is 2.24 bits per heavy atom. The van der Waals surface area contributed by atoms with E-state index in [9.17, 15) is 4.79 Å². The van der Waals surface area contributed by atoms with E-state index in [0.29, 0.717) is 13.0 Å². The fraction of sp³-hybridized carbons (Fsp3) is 0.667. The molecule has 1 aliphatic carbocycles. The first-order valence-corrected chi connectivity index (χ1v) is 6.22. The highest BCUT2D eigenvalue weighted by atomic mass is 16.1. The minimum absolute atomic E-state index is 0.0193. The Morgan fingerprint density at radius 3 is 2.88 bits per heavy atom. The molecule has 5 heteroatoms. The monoisotopic (exact) mass is 236 g/mol. The van der Waals surface area contributed by atoms with Gasteiger partial charge < -0.3 is 16.0 Å². The minimum Gasteiger partial charge on any atom is -0.349 e. The van der Waals surface area contributed by atoms with E-state index in [-0.39, 0.29) is 11.4 Å². The lowest BCUT2D eigenvalue weighted by Gasteiger charge is -2.32. The zero-order chi connectivity index (χ0) is 12.1. The number of nitrogens with one attached hydrogen (secondary N) is 2. The smallest absolute Gasteiger partial charge is 0.222 e. The van der Waals surface area contributed by atoms with Gasteiger partial charge in [-0.15, -0.1) is 0 Å². The molecule has 17 heavy (non-hydrogen) atoms. The van der Waals surface area contributed by atoms with Gasteiger partial charge in [0.2, 0.25) is 5.91 Å². The molecule has 1 fully saturated rings. The normalized spacial score (nSPS) is 18.9. The van der Waals surface area contributed by atoms with E-state index in [1.165, 1.54) is 6.42 Å². The van der Waals surface area contributed by atoms with E-state index in [2.05, 4.69) is 15.3 Å². The van der Waals surface area contributed by atoms with Crippen LogP contribution in [0.1, 0.15) is 44.3 Å². The van der Waals surface area contributed by atoms with Gasteiger partial charge in [-0.05, 0) is 12.8 Å². The van der Waals surface area contributed by atoms with Crippen molar-refractivity contribution in [3.63, 3.8) is 0 Å². The van der Waals surface area contributed by atoms with Crippen molar-refractivity contribution in [2.45, 2.75) is 50.6 Å². The van der Waals surface area contributed by atoms with Crippen molar-refractivity contribution in [1.29, 1.82) is 0 Å². The Morgan fingerprint density at radius 1 is 1.47 bits per heavy atom. The highest BCUT2D eigenvalue weighted by Crippen LogP contribution is 2.28. The van der Waals surface area contributed by atoms with Crippen LogP contribution in [-0.4, -0.2) is 21.4 Å². The summed E-state index contributed by atoms with van der Waals surface area (Å²) in [5, 5.41) is 2.84. The molecular formula is C12H20N4O. The molecule has 0 radical (unpaired) electrons. The zero-order valence-electron chi connectivity index (χ0n) is 10.0. The number of nitrogens with two attached hydrogens (primary N) is 1. The Hall–Kier alpha value is -1.36. The van der Waals surface area contributed by atoms with Gasteiger partial charge in [0.15, 0.2) is 0 Å². The van der Waals surface area contributed by atoms with E-state index >= 15 is 0 Å². The van der Waals surface area contributed by atoms with Crippen LogP contribution >= 0.6 is 0 Å². The van der Waals surface area contributed by atoms with Gasteiger partial charge >= 0.3 is 0 Å². The lowest BCUT2D eigenvalue weighted by atomic mass is 9.80. The van der Waals surface area contributed by atoms with Gasteiger partial charge in [0.05, 0.1) is 6.54 Å². The Balaban J connectivity index is 1.76. The average Bonchev–Trinajstić information content (AvgIpc) is 2.79. The number of rotatable bonds is 4. The Kier molecular flexibility index (Phi) is 3.78. The average molecular weight is 236 g/mol. The van der Waals surface area contributed by atoms with Crippen LogP contribution in [-0.2, 0) is 11.3 Å². The molecule has 5 nitrogen and oxygen atoms in total. The molecule has 0 atom stereocenters. The van der Waals surface area contributed by atoms with Gasteiger partial charge in [-0.2, -0.15) is 0 Å². The SMILES string of the molecule is NC1(CC(=O)NCc2ncc[nH]2)CCCCC1. The third-order valence-electron chi connectivity index (χ3n) is 3.37. The molecule has 1 aromatic heterocycles. The summed E-state index contributed by atoms with van der Waals surface area (Å²) in [5.41, 5.74) is 5.94. The molecule has 1 saturated carbocycles. The lowest BCUT2D eigenvalue weighted by Crippen LogP contribution is -2.45. The van der Waals surface area contributed by atoms with Crippen molar-refractivity contribution in [2.24, 2.45) is 5.73 Å². The molecule has 1 aromatic rings. The highest BCUT2D eigenvalue weighted by Gasteiger charge is 2.29. The van der Waals surface area contributed by atoms with Crippen LogP contribution in [0.5, 0.6) is 0 Å². The quantitative estimate of drug-likeness (QED) is 0.731. The third-order valence-corrected chi connectivity index (χ3v) is 3.37. The van der Waals surface area contributed by atoms with Crippen molar-refractivity contribution in [3.05, 3.63) is 18.2 Å². The molecule has 0 aliphatic heterocycles. The number of H-pyrrole nitrogens is 1. The Labute approximate surface area is 101 Å². The topological polar surface area (TPSA) is 83.8 Å². The second kappa shape index (κ2) is 5.31. The van der Waals surface area contributed by atoms with Gasteiger partial charge in [0.1, 0.15) is 5.82 Å². The van der Waals surface area contributed by atoms with E-state index in [1.807, 2.05) is 0 Å². The number of aromatic nitrogens is 2. The first-order chi connectivity index (χ1) is 8.18. The second-order valence-electron chi connectivity index (χ2n) is 4.91. The fourth-order valence-electron chi connectivity index (χ4n) is 2.39. The van der Waals surface area contributed by atoms with Crippen LogP contribution in [0.25, 0.3) is 0 Å². The van der Waals surface area contributed by atoms with Crippen LogP contribution in [0.3, 0.4) is 0 Å². The van der Waals surface area contributed by atoms with Crippen LogP contribution in [0.4, 0.5) is 0 Å². The molecule has 1 aliphatic rings. The summed E-state index contributed by atoms with van der Waals surface area (Å²) in [6.45, 7) is 0.446. The summed E-state index contributed by atoms with van der Waals surface area (Å²) in [4.78, 5) is 18.8. The summed E-state index contributed by atoms with van der Waals surface area (Å²) in [6.07, 6.45) is 9.28. The zero-order valence-corrected chi connectivity index (χ0v) is 10.0. The van der Waals surface area contributed by atoms with Crippen molar-refractivity contribution >= 4 is 5.91 Å². The molecule has 0 saturated heterocycles. The van der Waals surface area contributed by atoms with E-state index in [0.717, 1.165) is 31.5 Å². The van der Waals surface area contributed by atoms with E-state index in [4.69, 9.17) is 5.73 Å². The van der Waals surface area contributed by atoms with Crippen LogP contribution < -0.4 is 11.1 Å². The number of amides is 1. The van der Waals surface area contributed by atoms with Gasteiger partial charge in [-0.25, -0.2) is 4.98 Å². The first-order valence-electron chi connectivity index (χ1n) is 6.22. The minimum atomic E-state index is -0.286. The number of aromatic amines is 1. The van der Waals surface area contributed by atoms with Gasteiger partial charge in [-0.1, -0.05) is 19.3 Å². The lowest BCUT2D eigenvalue weighted by molar-refractivity contribution is -0.122. The van der Waals surface area contributed by atoms with E-state index in [1.54, 1.807) is 12.4 Å². The number of imidazole rings is 1. The maximum absolute atomic E-state index is 11.8. The van der Waals surface area contributed by atoms with Gasteiger partial charge in [0.25, 0.3) is 0 Å². The summed E-state index contributed by atoms with van der Waals surface area (Å²) < 4.78 is 0. The molecule has 1 amide bonds. The number of nitrogens with zero attached hydrogens (tertiary/aromatic N) is 1. The first kappa shape index (κ1) is 12.1.